The number of ketones is 1. The lowest BCUT2D eigenvalue weighted by atomic mass is 9.87. The first-order chi connectivity index (χ1) is 32.9. The minimum atomic E-state index is -5.93. The van der Waals surface area contributed by atoms with Crippen LogP contribution in [-0.4, -0.2) is 109 Å². The zero-order chi connectivity index (χ0) is 52.0. The summed E-state index contributed by atoms with van der Waals surface area (Å²) in [6.07, 6.45) is 14.6. The summed E-state index contributed by atoms with van der Waals surface area (Å²) >= 11 is 1.07. The fourth-order valence-corrected chi connectivity index (χ4v) is 9.67. The maximum absolute atomic E-state index is 12.6. The van der Waals surface area contributed by atoms with Crippen LogP contribution >= 0.6 is 35.2 Å². The molecule has 0 spiro atoms. The number of phosphoric ester groups is 3. The van der Waals surface area contributed by atoms with Crippen molar-refractivity contribution in [1.29, 1.82) is 0 Å². The van der Waals surface area contributed by atoms with Crippen LogP contribution in [0.5, 0.6) is 0 Å². The Hall–Kier alpha value is -3.81. The largest absolute Gasteiger partial charge is 0.790 e. The number of hydrogen-bond donors (Lipinski definition) is 5. The topological polar surface area (TPSA) is 392 Å². The van der Waals surface area contributed by atoms with Gasteiger partial charge in [0.1, 0.15) is 36.3 Å². The van der Waals surface area contributed by atoms with Gasteiger partial charge in [-0.1, -0.05) is 87.9 Å². The number of nitrogens with zero attached hydrogens (tertiary/aromatic N) is 4. The van der Waals surface area contributed by atoms with Gasteiger partial charge in [-0.15, -0.1) is 0 Å². The fourth-order valence-electron chi connectivity index (χ4n) is 6.21. The minimum absolute atomic E-state index is 0.0259. The predicted molar refractivity (Wildman–Crippen MR) is 247 cm³/mol. The monoisotopic (exact) mass is 1060 g/mol. The number of aromatic nitrogens is 4. The predicted octanol–water partition coefficient (Wildman–Crippen LogP) is 1.46. The number of anilines is 1. The van der Waals surface area contributed by atoms with Crippen LogP contribution in [0, 0.1) is 5.41 Å². The van der Waals surface area contributed by atoms with Gasteiger partial charge in [-0.2, -0.15) is 0 Å². The van der Waals surface area contributed by atoms with Crippen LogP contribution in [0.1, 0.15) is 91.2 Å². The second-order valence-electron chi connectivity index (χ2n) is 16.2. The van der Waals surface area contributed by atoms with E-state index in [-0.39, 0.29) is 47.4 Å². The Morgan fingerprint density at radius 2 is 1.66 bits per heavy atom. The van der Waals surface area contributed by atoms with Gasteiger partial charge in [0, 0.05) is 43.5 Å². The van der Waals surface area contributed by atoms with Crippen molar-refractivity contribution in [2.45, 2.75) is 116 Å². The van der Waals surface area contributed by atoms with Gasteiger partial charge in [0.2, 0.25) is 11.8 Å². The highest BCUT2D eigenvalue weighted by atomic mass is 32.2. The SMILES string of the molecule is CCCCC/C=C\C=C\C(=O)C/C=C\C/C=C\CCCC(=O)SCCNC(=O)CCNC(=O)[C@H](O)C(C)(C)COP(=O)([O-])OP(=O)([O-])OC[C@H]1O[C@@H](n2cnc3c(N)ncnc32)[C@H](O)[C@@H]1OP(=O)([O-])[O-]. The maximum atomic E-state index is 12.6. The number of ether oxygens (including phenoxy) is 1. The van der Waals surface area contributed by atoms with Crippen molar-refractivity contribution in [3.05, 3.63) is 61.3 Å². The number of phosphoric acid groups is 3. The molecule has 70 heavy (non-hydrogen) atoms. The lowest BCUT2D eigenvalue weighted by Crippen LogP contribution is -2.46. The number of aliphatic hydroxyl groups is 2. The first-order valence-corrected chi connectivity index (χ1v) is 27.5. The van der Waals surface area contributed by atoms with Gasteiger partial charge in [-0.25, -0.2) is 19.3 Å². The van der Waals surface area contributed by atoms with Gasteiger partial charge in [-0.05, 0) is 38.2 Å². The molecule has 0 saturated carbocycles. The van der Waals surface area contributed by atoms with Gasteiger partial charge in [0.15, 0.2) is 28.6 Å². The van der Waals surface area contributed by atoms with Crippen LogP contribution in [0.25, 0.3) is 11.2 Å². The molecule has 2 amide bonds. The van der Waals surface area contributed by atoms with Crippen LogP contribution < -0.4 is 35.9 Å². The van der Waals surface area contributed by atoms with E-state index >= 15 is 0 Å². The third-order valence-electron chi connectivity index (χ3n) is 9.92. The molecule has 1 aliphatic heterocycles. The summed E-state index contributed by atoms with van der Waals surface area (Å²) < 4.78 is 60.8. The third kappa shape index (κ3) is 22.3. The average Bonchev–Trinajstić information content (AvgIpc) is 3.85. The fraction of sp³-hybridized carbons (Fsp3) is 0.585. The molecule has 0 aromatic carbocycles. The molecule has 1 aliphatic rings. The molecule has 7 atom stereocenters. The van der Waals surface area contributed by atoms with E-state index in [4.69, 9.17) is 10.5 Å². The molecule has 0 aliphatic carbocycles. The van der Waals surface area contributed by atoms with E-state index in [0.717, 1.165) is 41.8 Å². The summed E-state index contributed by atoms with van der Waals surface area (Å²) in [5.41, 5.74) is 4.06. The molecule has 6 N–H and O–H groups in total. The number of unbranched alkanes of at least 4 members (excludes halogenated alkanes) is 4. The highest BCUT2D eigenvalue weighted by molar-refractivity contribution is 8.13. The summed E-state index contributed by atoms with van der Waals surface area (Å²) in [7, 11) is -17.6. The molecule has 1 fully saturated rings. The van der Waals surface area contributed by atoms with Crippen LogP contribution in [0.15, 0.2) is 61.3 Å². The summed E-state index contributed by atoms with van der Waals surface area (Å²) in [4.78, 5) is 109. The van der Waals surface area contributed by atoms with Crippen molar-refractivity contribution in [3.8, 4) is 0 Å². The molecule has 2 aromatic heterocycles. The Labute approximate surface area is 409 Å². The van der Waals surface area contributed by atoms with Crippen LogP contribution in [0.3, 0.4) is 0 Å². The van der Waals surface area contributed by atoms with E-state index in [0.29, 0.717) is 37.9 Å². The zero-order valence-corrected chi connectivity index (χ0v) is 42.3. The molecule has 392 valence electrons. The van der Waals surface area contributed by atoms with Gasteiger partial charge < -0.3 is 69.0 Å². The number of carbonyl (C=O) groups is 4. The zero-order valence-electron chi connectivity index (χ0n) is 38.8. The number of fused-ring (bicyclic) bond motifs is 1. The smallest absolute Gasteiger partial charge is 0.274 e. The van der Waals surface area contributed by atoms with E-state index < -0.39 is 84.6 Å². The molecule has 2 aromatic rings. The Kier molecular flexibility index (Phi) is 25.6. The number of amides is 2. The summed E-state index contributed by atoms with van der Waals surface area (Å²) in [5.74, 6) is -1.23. The molecular formula is C41H60N7O18P3S-4. The molecular weight excluding hydrogens is 1000 g/mol. The molecule has 2 unspecified atom stereocenters. The van der Waals surface area contributed by atoms with Gasteiger partial charge >= 0.3 is 0 Å². The number of nitrogens with one attached hydrogen (secondary N) is 2. The number of aliphatic hydroxyl groups excluding tert-OH is 2. The van der Waals surface area contributed by atoms with Gasteiger partial charge in [-0.3, -0.25) is 32.9 Å². The van der Waals surface area contributed by atoms with E-state index in [1.54, 1.807) is 12.2 Å². The molecule has 3 heterocycles. The van der Waals surface area contributed by atoms with Crippen LogP contribution in [0.4, 0.5) is 5.82 Å². The minimum Gasteiger partial charge on any atom is -0.790 e. The van der Waals surface area contributed by atoms with E-state index in [1.165, 1.54) is 26.7 Å². The Balaban J connectivity index is 1.31. The van der Waals surface area contributed by atoms with Crippen molar-refractivity contribution < 1.29 is 85.3 Å². The van der Waals surface area contributed by atoms with Crippen LogP contribution in [0.2, 0.25) is 0 Å². The first-order valence-electron chi connectivity index (χ1n) is 22.1. The van der Waals surface area contributed by atoms with Gasteiger partial charge in [0.05, 0.1) is 27.4 Å². The molecule has 0 radical (unpaired) electrons. The highest BCUT2D eigenvalue weighted by Crippen LogP contribution is 2.56. The maximum Gasteiger partial charge on any atom is 0.274 e. The Bertz CT molecular complexity index is 2310. The third-order valence-corrected chi connectivity index (χ3v) is 13.9. The standard InChI is InChI=1S/C41H64N7O18P3S/c1-4-5-6-7-9-12-15-18-29(49)19-16-13-10-8-11-14-17-20-32(51)70-24-23-43-31(50)21-22-44-39(54)36(53)41(2,3)26-63-69(60,61)66-68(58,59)62-25-30-35(65-67(55,56)57)34(52)40(64-30)48-28-47-33-37(42)45-27-46-38(33)48/h8-9,11-13,15-16,18,27-28,30,34-36,40,52-53H,4-7,10,14,17,19-26H2,1-3H3,(H,43,50)(H,44,54)(H,58,59)(H,60,61)(H2,42,45,46)(H2,55,56,57)/p-4/b11-8-,12-9-,16-13-,18-15+/t30-,34-,35-,36+,40-/m1/s1. The number of allylic oxidation sites excluding steroid dienone is 8. The van der Waals surface area contributed by atoms with Crippen molar-refractivity contribution in [1.82, 2.24) is 30.2 Å². The summed E-state index contributed by atoms with van der Waals surface area (Å²) in [6.45, 7) is 2.19. The van der Waals surface area contributed by atoms with Gasteiger partial charge in [0.25, 0.3) is 15.6 Å². The second-order valence-corrected chi connectivity index (χ2v) is 21.4. The quantitative estimate of drug-likeness (QED) is 0.0222. The molecule has 0 bridgehead atoms. The van der Waals surface area contributed by atoms with E-state index in [9.17, 15) is 62.7 Å². The molecule has 3 rings (SSSR count). The van der Waals surface area contributed by atoms with Crippen molar-refractivity contribution in [3.63, 3.8) is 0 Å². The normalized spacial score (nSPS) is 20.1. The van der Waals surface area contributed by atoms with Crippen molar-refractivity contribution in [2.24, 2.45) is 5.41 Å². The number of nitrogens with two attached hydrogens (primary N) is 1. The van der Waals surface area contributed by atoms with Crippen molar-refractivity contribution in [2.75, 3.05) is 37.8 Å². The number of nitrogen functional groups attached to an aromatic ring is 1. The average molecular weight is 1060 g/mol. The first kappa shape index (κ1) is 60.5. The lowest BCUT2D eigenvalue weighted by molar-refractivity contribution is -0.347. The molecule has 29 heteroatoms. The molecule has 1 saturated heterocycles. The lowest BCUT2D eigenvalue weighted by Gasteiger charge is -2.36. The summed E-state index contributed by atoms with van der Waals surface area (Å²) in [5, 5.41) is 26.3. The summed E-state index contributed by atoms with van der Waals surface area (Å²) in [6, 6.07) is 0. The number of rotatable bonds is 33. The molecule has 25 nitrogen and oxygen atoms in total. The van der Waals surface area contributed by atoms with E-state index in [2.05, 4.69) is 56.5 Å². The number of carbonyl (C=O) groups excluding carboxylic acids is 4. The number of hydrogen-bond acceptors (Lipinski definition) is 23. The van der Waals surface area contributed by atoms with Crippen molar-refractivity contribution >= 4 is 74.9 Å². The Morgan fingerprint density at radius 3 is 2.39 bits per heavy atom. The number of imidazole rings is 1. The van der Waals surface area contributed by atoms with Crippen LogP contribution in [-0.2, 0) is 55.5 Å². The number of thioether (sulfide) groups is 1. The second kappa shape index (κ2) is 29.6. The van der Waals surface area contributed by atoms with E-state index in [1.807, 2.05) is 30.4 Å². The highest BCUT2D eigenvalue weighted by Gasteiger charge is 2.47. The Morgan fingerprint density at radius 1 is 0.943 bits per heavy atom.